The van der Waals surface area contributed by atoms with Gasteiger partial charge in [-0.05, 0) is 24.6 Å². The molecule has 0 aliphatic heterocycles. The summed E-state index contributed by atoms with van der Waals surface area (Å²) < 4.78 is 1.99. The molecule has 0 unspecified atom stereocenters. The third-order valence-electron chi connectivity index (χ3n) is 3.42. The highest BCUT2D eigenvalue weighted by Crippen LogP contribution is 2.15. The normalized spacial score (nSPS) is 10.8. The lowest BCUT2D eigenvalue weighted by molar-refractivity contribution is -0.118. The number of nitrogens with zero attached hydrogens (tertiary/aromatic N) is 2. The number of benzene rings is 2. The Hall–Kier alpha value is -2.42. The van der Waals surface area contributed by atoms with Crippen LogP contribution in [0.4, 0.5) is 0 Å². The minimum atomic E-state index is 0.197. The van der Waals surface area contributed by atoms with Gasteiger partial charge in [-0.25, -0.2) is 4.98 Å². The first-order valence-electron chi connectivity index (χ1n) is 6.71. The van der Waals surface area contributed by atoms with Crippen LogP contribution >= 0.6 is 0 Å². The standard InChI is InChI=1S/C17H16N2O/c1-13-18-16-9-5-6-10-17(16)19(13)12-15(20)11-14-7-3-2-4-8-14/h2-10H,11-12H2,1H3. The van der Waals surface area contributed by atoms with Crippen molar-refractivity contribution in [2.24, 2.45) is 0 Å². The fraction of sp³-hybridized carbons (Fsp3) is 0.176. The number of fused-ring (bicyclic) bond motifs is 1. The molecule has 0 bridgehead atoms. The molecule has 1 aromatic heterocycles. The van der Waals surface area contributed by atoms with Gasteiger partial charge < -0.3 is 4.57 Å². The highest BCUT2D eigenvalue weighted by Gasteiger charge is 2.11. The SMILES string of the molecule is Cc1nc2ccccc2n1CC(=O)Cc1ccccc1. The summed E-state index contributed by atoms with van der Waals surface area (Å²) in [6.45, 7) is 2.32. The van der Waals surface area contributed by atoms with Crippen LogP contribution in [-0.2, 0) is 17.8 Å². The van der Waals surface area contributed by atoms with Crippen molar-refractivity contribution in [1.29, 1.82) is 0 Å². The van der Waals surface area contributed by atoms with Crippen LogP contribution in [0.5, 0.6) is 0 Å². The quantitative estimate of drug-likeness (QED) is 0.725. The van der Waals surface area contributed by atoms with Crippen LogP contribution < -0.4 is 0 Å². The van der Waals surface area contributed by atoms with Crippen LogP contribution in [-0.4, -0.2) is 15.3 Å². The molecule has 0 aliphatic carbocycles. The Labute approximate surface area is 117 Å². The minimum Gasteiger partial charge on any atom is -0.321 e. The number of Topliss-reactive ketones (excluding diaryl/α,β-unsaturated/α-hetero) is 1. The Morgan fingerprint density at radius 1 is 1.05 bits per heavy atom. The maximum atomic E-state index is 12.2. The third kappa shape index (κ3) is 2.48. The fourth-order valence-electron chi connectivity index (χ4n) is 2.45. The fourth-order valence-corrected chi connectivity index (χ4v) is 2.45. The summed E-state index contributed by atoms with van der Waals surface area (Å²) in [6.07, 6.45) is 0.465. The molecule has 0 saturated heterocycles. The minimum absolute atomic E-state index is 0.197. The molecule has 0 spiro atoms. The molecule has 3 nitrogen and oxygen atoms in total. The van der Waals surface area contributed by atoms with Crippen LogP contribution in [0.1, 0.15) is 11.4 Å². The maximum absolute atomic E-state index is 12.2. The number of hydrogen-bond acceptors (Lipinski definition) is 2. The Morgan fingerprint density at radius 2 is 1.75 bits per heavy atom. The largest absolute Gasteiger partial charge is 0.321 e. The molecular weight excluding hydrogens is 248 g/mol. The zero-order chi connectivity index (χ0) is 13.9. The van der Waals surface area contributed by atoms with Crippen molar-refractivity contribution < 1.29 is 4.79 Å². The summed E-state index contributed by atoms with van der Waals surface area (Å²) in [5, 5.41) is 0. The first-order valence-corrected chi connectivity index (χ1v) is 6.71. The number of ketones is 1. The number of aryl methyl sites for hydroxylation is 1. The van der Waals surface area contributed by atoms with Crippen LogP contribution in [0, 0.1) is 6.92 Å². The molecule has 1 heterocycles. The molecule has 0 amide bonds. The maximum Gasteiger partial charge on any atom is 0.156 e. The Morgan fingerprint density at radius 3 is 2.55 bits per heavy atom. The first-order chi connectivity index (χ1) is 9.74. The van der Waals surface area contributed by atoms with E-state index in [9.17, 15) is 4.79 Å². The van der Waals surface area contributed by atoms with Crippen LogP contribution in [0.2, 0.25) is 0 Å². The second-order valence-corrected chi connectivity index (χ2v) is 4.93. The highest BCUT2D eigenvalue weighted by atomic mass is 16.1. The molecule has 3 heteroatoms. The Kier molecular flexibility index (Phi) is 3.33. The Bertz CT molecular complexity index is 744. The first kappa shape index (κ1) is 12.6. The van der Waals surface area contributed by atoms with Crippen LogP contribution in [0.25, 0.3) is 11.0 Å². The molecule has 0 radical (unpaired) electrons. The third-order valence-corrected chi connectivity index (χ3v) is 3.42. The summed E-state index contributed by atoms with van der Waals surface area (Å²) in [6, 6.07) is 17.8. The van der Waals surface area contributed by atoms with Gasteiger partial charge in [-0.1, -0.05) is 42.5 Å². The second-order valence-electron chi connectivity index (χ2n) is 4.93. The van der Waals surface area contributed by atoms with Gasteiger partial charge in [-0.2, -0.15) is 0 Å². The van der Waals surface area contributed by atoms with Crippen molar-refractivity contribution in [3.63, 3.8) is 0 Å². The molecule has 2 aromatic carbocycles. The molecule has 20 heavy (non-hydrogen) atoms. The summed E-state index contributed by atoms with van der Waals surface area (Å²) in [5.41, 5.74) is 3.02. The number of aromatic nitrogens is 2. The Balaban J connectivity index is 1.83. The molecule has 0 aliphatic rings. The number of imidazole rings is 1. The monoisotopic (exact) mass is 264 g/mol. The van der Waals surface area contributed by atoms with Gasteiger partial charge in [0, 0.05) is 6.42 Å². The molecule has 3 aromatic rings. The number of rotatable bonds is 4. The average Bonchev–Trinajstić information content (AvgIpc) is 2.76. The van der Waals surface area contributed by atoms with Gasteiger partial charge in [0.2, 0.25) is 0 Å². The van der Waals surface area contributed by atoms with Crippen molar-refractivity contribution in [3.05, 3.63) is 66.0 Å². The van der Waals surface area contributed by atoms with E-state index in [1.54, 1.807) is 0 Å². The molecule has 100 valence electrons. The topological polar surface area (TPSA) is 34.9 Å². The van der Waals surface area contributed by atoms with Gasteiger partial charge in [0.15, 0.2) is 5.78 Å². The zero-order valence-electron chi connectivity index (χ0n) is 11.4. The molecule has 0 fully saturated rings. The lowest BCUT2D eigenvalue weighted by atomic mass is 10.1. The van der Waals surface area contributed by atoms with Crippen molar-refractivity contribution in [1.82, 2.24) is 9.55 Å². The number of hydrogen-bond donors (Lipinski definition) is 0. The van der Waals surface area contributed by atoms with E-state index in [-0.39, 0.29) is 5.78 Å². The second kappa shape index (κ2) is 5.29. The van der Waals surface area contributed by atoms with Crippen molar-refractivity contribution >= 4 is 16.8 Å². The number of carbonyl (C=O) groups is 1. The molecule has 0 atom stereocenters. The zero-order valence-corrected chi connectivity index (χ0v) is 11.4. The summed E-state index contributed by atoms with van der Waals surface area (Å²) in [4.78, 5) is 16.7. The number of carbonyl (C=O) groups excluding carboxylic acids is 1. The average molecular weight is 264 g/mol. The van der Waals surface area contributed by atoms with Crippen molar-refractivity contribution in [2.75, 3.05) is 0 Å². The summed E-state index contributed by atoms with van der Waals surface area (Å²) in [7, 11) is 0. The lowest BCUT2D eigenvalue weighted by Gasteiger charge is -2.06. The van der Waals surface area contributed by atoms with Crippen LogP contribution in [0.3, 0.4) is 0 Å². The number of para-hydroxylation sites is 2. The predicted octanol–water partition coefficient (Wildman–Crippen LogP) is 3.16. The van der Waals surface area contributed by atoms with E-state index in [4.69, 9.17) is 0 Å². The van der Waals surface area contributed by atoms with E-state index in [1.807, 2.05) is 66.1 Å². The van der Waals surface area contributed by atoms with E-state index in [0.29, 0.717) is 13.0 Å². The lowest BCUT2D eigenvalue weighted by Crippen LogP contribution is -2.13. The van der Waals surface area contributed by atoms with Gasteiger partial charge in [-0.15, -0.1) is 0 Å². The molecule has 0 saturated carbocycles. The van der Waals surface area contributed by atoms with E-state index in [0.717, 1.165) is 22.4 Å². The predicted molar refractivity (Wildman–Crippen MR) is 79.6 cm³/mol. The van der Waals surface area contributed by atoms with E-state index in [1.165, 1.54) is 0 Å². The molecular formula is C17H16N2O. The summed E-state index contributed by atoms with van der Waals surface area (Å²) >= 11 is 0. The van der Waals surface area contributed by atoms with E-state index < -0.39 is 0 Å². The molecule has 0 N–H and O–H groups in total. The van der Waals surface area contributed by atoms with E-state index in [2.05, 4.69) is 4.98 Å². The summed E-state index contributed by atoms with van der Waals surface area (Å²) in [5.74, 6) is 1.08. The van der Waals surface area contributed by atoms with Crippen molar-refractivity contribution in [3.8, 4) is 0 Å². The van der Waals surface area contributed by atoms with Gasteiger partial charge in [0.05, 0.1) is 17.6 Å². The molecule has 3 rings (SSSR count). The van der Waals surface area contributed by atoms with Crippen LogP contribution in [0.15, 0.2) is 54.6 Å². The van der Waals surface area contributed by atoms with E-state index >= 15 is 0 Å². The van der Waals surface area contributed by atoms with Gasteiger partial charge in [-0.3, -0.25) is 4.79 Å². The van der Waals surface area contributed by atoms with Gasteiger partial charge >= 0.3 is 0 Å². The van der Waals surface area contributed by atoms with Gasteiger partial charge in [0.25, 0.3) is 0 Å². The smallest absolute Gasteiger partial charge is 0.156 e. The highest BCUT2D eigenvalue weighted by molar-refractivity contribution is 5.83. The van der Waals surface area contributed by atoms with Crippen molar-refractivity contribution in [2.45, 2.75) is 19.9 Å². The van der Waals surface area contributed by atoms with Gasteiger partial charge in [0.1, 0.15) is 5.82 Å².